The Morgan fingerprint density at radius 2 is 1.77 bits per heavy atom. The molecule has 1 aromatic heterocycles. The smallest absolute Gasteiger partial charge is 0.272 e. The fraction of sp³-hybridized carbons (Fsp3) is 0.292. The Balaban J connectivity index is 1.70. The number of amides is 1. The first kappa shape index (κ1) is 20.0. The Labute approximate surface area is 174 Å². The second kappa shape index (κ2) is 8.22. The number of nitrogens with one attached hydrogen (secondary N) is 1. The van der Waals surface area contributed by atoms with Crippen LogP contribution in [0.5, 0.6) is 0 Å². The van der Waals surface area contributed by atoms with Crippen molar-refractivity contribution < 1.29 is 14.0 Å². The number of ketones is 1. The summed E-state index contributed by atoms with van der Waals surface area (Å²) >= 11 is 0. The molecule has 1 fully saturated rings. The standard InChI is InChI=1S/C24H24FN3O2/c1-15-9-11-28(12-10-15)24(30)23-14-22(20-13-18(25)5-8-21(20)27-23)26-19-6-3-17(4-7-19)16(2)29/h3-8,13-15H,9-12H2,1-2H3,(H,26,27). The summed E-state index contributed by atoms with van der Waals surface area (Å²) in [7, 11) is 0. The maximum absolute atomic E-state index is 13.9. The number of piperidine rings is 1. The van der Waals surface area contributed by atoms with Gasteiger partial charge in [-0.25, -0.2) is 9.37 Å². The van der Waals surface area contributed by atoms with Crippen molar-refractivity contribution in [2.75, 3.05) is 18.4 Å². The quantitative estimate of drug-likeness (QED) is 0.607. The van der Waals surface area contributed by atoms with Crippen LogP contribution in [0.3, 0.4) is 0 Å². The van der Waals surface area contributed by atoms with E-state index in [2.05, 4.69) is 17.2 Å². The number of anilines is 2. The number of carbonyl (C=O) groups is 2. The highest BCUT2D eigenvalue weighted by molar-refractivity contribution is 6.01. The number of hydrogen-bond donors (Lipinski definition) is 1. The molecular formula is C24H24FN3O2. The molecule has 0 spiro atoms. The van der Waals surface area contributed by atoms with E-state index in [0.29, 0.717) is 33.8 Å². The number of pyridine rings is 1. The van der Waals surface area contributed by atoms with Crippen LogP contribution >= 0.6 is 0 Å². The van der Waals surface area contributed by atoms with Gasteiger partial charge in [-0.3, -0.25) is 9.59 Å². The maximum Gasteiger partial charge on any atom is 0.272 e. The molecule has 2 aromatic carbocycles. The summed E-state index contributed by atoms with van der Waals surface area (Å²) in [6, 6.07) is 13.1. The molecule has 0 aliphatic carbocycles. The Hall–Kier alpha value is -3.28. The molecule has 2 heterocycles. The van der Waals surface area contributed by atoms with E-state index >= 15 is 0 Å². The van der Waals surface area contributed by atoms with Gasteiger partial charge in [0.2, 0.25) is 0 Å². The minimum Gasteiger partial charge on any atom is -0.355 e. The van der Waals surface area contributed by atoms with Gasteiger partial charge in [0, 0.05) is 29.7 Å². The van der Waals surface area contributed by atoms with Crippen molar-refractivity contribution in [1.82, 2.24) is 9.88 Å². The van der Waals surface area contributed by atoms with Crippen LogP contribution in [0.1, 0.15) is 47.5 Å². The van der Waals surface area contributed by atoms with E-state index < -0.39 is 0 Å². The van der Waals surface area contributed by atoms with Crippen LogP contribution in [0.25, 0.3) is 10.9 Å². The summed E-state index contributed by atoms with van der Waals surface area (Å²) in [4.78, 5) is 30.9. The SMILES string of the molecule is CC(=O)c1ccc(Nc2cc(C(=O)N3CCC(C)CC3)nc3ccc(F)cc23)cc1. The molecule has 6 heteroatoms. The molecule has 0 radical (unpaired) electrons. The van der Waals surface area contributed by atoms with E-state index in [9.17, 15) is 14.0 Å². The van der Waals surface area contributed by atoms with E-state index in [0.717, 1.165) is 31.6 Å². The van der Waals surface area contributed by atoms with Gasteiger partial charge in [-0.15, -0.1) is 0 Å². The third kappa shape index (κ3) is 4.17. The second-order valence-corrected chi connectivity index (χ2v) is 7.95. The molecule has 0 atom stereocenters. The van der Waals surface area contributed by atoms with Crippen molar-refractivity contribution in [3.63, 3.8) is 0 Å². The molecule has 30 heavy (non-hydrogen) atoms. The van der Waals surface area contributed by atoms with Crippen molar-refractivity contribution in [2.45, 2.75) is 26.7 Å². The summed E-state index contributed by atoms with van der Waals surface area (Å²) in [5.41, 5.74) is 2.84. The van der Waals surface area contributed by atoms with E-state index in [1.54, 1.807) is 36.4 Å². The first-order valence-electron chi connectivity index (χ1n) is 10.2. The van der Waals surface area contributed by atoms with Crippen molar-refractivity contribution in [3.05, 3.63) is 65.6 Å². The average molecular weight is 405 g/mol. The molecule has 3 aromatic rings. The van der Waals surface area contributed by atoms with Crippen LogP contribution in [0.2, 0.25) is 0 Å². The molecule has 0 unspecified atom stereocenters. The highest BCUT2D eigenvalue weighted by Crippen LogP contribution is 2.29. The summed E-state index contributed by atoms with van der Waals surface area (Å²) in [6.45, 7) is 5.15. The lowest BCUT2D eigenvalue weighted by molar-refractivity contribution is 0.0691. The topological polar surface area (TPSA) is 62.3 Å². The number of nitrogens with zero attached hydrogens (tertiary/aromatic N) is 2. The zero-order chi connectivity index (χ0) is 21.3. The normalized spacial score (nSPS) is 14.7. The van der Waals surface area contributed by atoms with Gasteiger partial charge in [0.05, 0.1) is 11.2 Å². The molecule has 5 nitrogen and oxygen atoms in total. The Morgan fingerprint density at radius 1 is 1.07 bits per heavy atom. The highest BCUT2D eigenvalue weighted by Gasteiger charge is 2.23. The van der Waals surface area contributed by atoms with E-state index in [4.69, 9.17) is 0 Å². The lowest BCUT2D eigenvalue weighted by atomic mass is 9.99. The predicted octanol–water partition coefficient (Wildman–Crippen LogP) is 5.19. The van der Waals surface area contributed by atoms with Gasteiger partial charge in [-0.2, -0.15) is 0 Å². The maximum atomic E-state index is 13.9. The summed E-state index contributed by atoms with van der Waals surface area (Å²) in [6.07, 6.45) is 1.97. The third-order valence-electron chi connectivity index (χ3n) is 5.63. The number of aromatic nitrogens is 1. The summed E-state index contributed by atoms with van der Waals surface area (Å²) in [5, 5.41) is 3.85. The molecule has 1 N–H and O–H groups in total. The third-order valence-corrected chi connectivity index (χ3v) is 5.63. The molecule has 1 amide bonds. The van der Waals surface area contributed by atoms with Gasteiger partial charge in [0.25, 0.3) is 5.91 Å². The molecule has 0 saturated carbocycles. The fourth-order valence-corrected chi connectivity index (χ4v) is 3.73. The molecule has 0 bridgehead atoms. The molecular weight excluding hydrogens is 381 g/mol. The van der Waals surface area contributed by atoms with Gasteiger partial charge in [0.15, 0.2) is 5.78 Å². The molecule has 1 saturated heterocycles. The van der Waals surface area contributed by atoms with Crippen molar-refractivity contribution in [3.8, 4) is 0 Å². The van der Waals surface area contributed by atoms with Crippen molar-refractivity contribution in [1.29, 1.82) is 0 Å². The number of carbonyl (C=O) groups excluding carboxylic acids is 2. The van der Waals surface area contributed by atoms with Crippen LogP contribution in [0, 0.1) is 11.7 Å². The van der Waals surface area contributed by atoms with Crippen LogP contribution in [-0.2, 0) is 0 Å². The van der Waals surface area contributed by atoms with Gasteiger partial charge < -0.3 is 10.2 Å². The number of rotatable bonds is 4. The van der Waals surface area contributed by atoms with E-state index in [-0.39, 0.29) is 17.5 Å². The number of likely N-dealkylation sites (tertiary alicyclic amines) is 1. The Kier molecular flexibility index (Phi) is 5.48. The number of benzene rings is 2. The van der Waals surface area contributed by atoms with Crippen molar-refractivity contribution in [2.24, 2.45) is 5.92 Å². The molecule has 1 aliphatic heterocycles. The number of fused-ring (bicyclic) bond motifs is 1. The Morgan fingerprint density at radius 3 is 2.43 bits per heavy atom. The predicted molar refractivity (Wildman–Crippen MR) is 116 cm³/mol. The minimum atomic E-state index is -0.372. The lowest BCUT2D eigenvalue weighted by Gasteiger charge is -2.30. The average Bonchev–Trinajstić information content (AvgIpc) is 2.74. The highest BCUT2D eigenvalue weighted by atomic mass is 19.1. The lowest BCUT2D eigenvalue weighted by Crippen LogP contribution is -2.38. The summed E-state index contributed by atoms with van der Waals surface area (Å²) < 4.78 is 13.9. The minimum absolute atomic E-state index is 0.0123. The van der Waals surface area contributed by atoms with Crippen LogP contribution in [-0.4, -0.2) is 34.7 Å². The van der Waals surface area contributed by atoms with Crippen molar-refractivity contribution >= 4 is 34.0 Å². The van der Waals surface area contributed by atoms with Gasteiger partial charge in [0.1, 0.15) is 11.5 Å². The largest absolute Gasteiger partial charge is 0.355 e. The molecule has 1 aliphatic rings. The van der Waals surface area contributed by atoms with E-state index in [1.807, 2.05) is 4.90 Å². The van der Waals surface area contributed by atoms with Crippen LogP contribution < -0.4 is 5.32 Å². The first-order valence-corrected chi connectivity index (χ1v) is 10.2. The molecule has 4 rings (SSSR count). The summed E-state index contributed by atoms with van der Waals surface area (Å²) in [5.74, 6) is 0.130. The zero-order valence-corrected chi connectivity index (χ0v) is 17.1. The number of hydrogen-bond acceptors (Lipinski definition) is 4. The van der Waals surface area contributed by atoms with Crippen LogP contribution in [0.15, 0.2) is 48.5 Å². The van der Waals surface area contributed by atoms with Gasteiger partial charge in [-0.1, -0.05) is 6.92 Å². The number of halogens is 1. The fourth-order valence-electron chi connectivity index (χ4n) is 3.73. The van der Waals surface area contributed by atoms with Gasteiger partial charge in [-0.05, 0) is 74.2 Å². The van der Waals surface area contributed by atoms with E-state index in [1.165, 1.54) is 19.1 Å². The Bertz CT molecular complexity index is 1100. The number of Topliss-reactive ketones (excluding diaryl/α,β-unsaturated/α-hetero) is 1. The zero-order valence-electron chi connectivity index (χ0n) is 17.1. The van der Waals surface area contributed by atoms with Crippen LogP contribution in [0.4, 0.5) is 15.8 Å². The first-order chi connectivity index (χ1) is 14.4. The molecule has 154 valence electrons. The van der Waals surface area contributed by atoms with Gasteiger partial charge >= 0.3 is 0 Å². The monoisotopic (exact) mass is 405 g/mol. The second-order valence-electron chi connectivity index (χ2n) is 7.95.